The molecule has 1 aromatic rings. The molecule has 1 amide bonds. The number of aliphatic carboxylic acids is 1. The second-order valence-electron chi connectivity index (χ2n) is 4.41. The monoisotopic (exact) mass is 268 g/mol. The van der Waals surface area contributed by atoms with Crippen LogP contribution in [0.25, 0.3) is 0 Å². The third kappa shape index (κ3) is 4.06. The molecule has 1 heterocycles. The first-order chi connectivity index (χ1) is 8.85. The van der Waals surface area contributed by atoms with Gasteiger partial charge in [0.1, 0.15) is 0 Å². The number of aryl methyl sites for hydroxylation is 2. The minimum Gasteiger partial charge on any atom is -0.480 e. The molecule has 0 aliphatic carbocycles. The standard InChI is InChI=1S/C12H20N4O3/c1-5-16(7-11(18)19)6-10(17)13-12-8(2)14-15(4)9(12)3/h5-7H2,1-4H3,(H,13,17)(H,18,19). The third-order valence-electron chi connectivity index (χ3n) is 2.95. The van der Waals surface area contributed by atoms with Crippen LogP contribution in [0.15, 0.2) is 0 Å². The molecule has 7 heteroatoms. The molecule has 0 aromatic carbocycles. The molecule has 0 saturated heterocycles. The highest BCUT2D eigenvalue weighted by Crippen LogP contribution is 2.18. The molecule has 0 aliphatic rings. The SMILES string of the molecule is CCN(CC(=O)O)CC(=O)Nc1c(C)nn(C)c1C. The molecule has 7 nitrogen and oxygen atoms in total. The minimum absolute atomic E-state index is 0.0522. The van der Waals surface area contributed by atoms with E-state index in [4.69, 9.17) is 5.11 Å². The molecule has 0 fully saturated rings. The highest BCUT2D eigenvalue weighted by molar-refractivity contribution is 5.93. The van der Waals surface area contributed by atoms with E-state index in [2.05, 4.69) is 10.4 Å². The number of carbonyl (C=O) groups is 2. The average molecular weight is 268 g/mol. The summed E-state index contributed by atoms with van der Waals surface area (Å²) in [6.07, 6.45) is 0. The Kier molecular flexibility index (Phi) is 5.05. The number of nitrogens with one attached hydrogen (secondary N) is 1. The van der Waals surface area contributed by atoms with Crippen LogP contribution in [0, 0.1) is 13.8 Å². The number of amides is 1. The Balaban J connectivity index is 2.66. The maximum atomic E-state index is 11.9. The van der Waals surface area contributed by atoms with E-state index in [-0.39, 0.29) is 19.0 Å². The highest BCUT2D eigenvalue weighted by Gasteiger charge is 2.16. The van der Waals surface area contributed by atoms with Crippen LogP contribution in [0.5, 0.6) is 0 Å². The molecular weight excluding hydrogens is 248 g/mol. The number of rotatable bonds is 6. The van der Waals surface area contributed by atoms with Crippen molar-refractivity contribution in [3.05, 3.63) is 11.4 Å². The first kappa shape index (κ1) is 15.2. The van der Waals surface area contributed by atoms with Crippen molar-refractivity contribution < 1.29 is 14.7 Å². The van der Waals surface area contributed by atoms with Crippen LogP contribution in [0.1, 0.15) is 18.3 Å². The number of aromatic nitrogens is 2. The van der Waals surface area contributed by atoms with Gasteiger partial charge in [0.15, 0.2) is 0 Å². The predicted octanol–water partition coefficient (Wildman–Crippen LogP) is 0.382. The summed E-state index contributed by atoms with van der Waals surface area (Å²) in [5.41, 5.74) is 2.31. The molecule has 0 spiro atoms. The number of carboxylic acids is 1. The fourth-order valence-electron chi connectivity index (χ4n) is 1.81. The van der Waals surface area contributed by atoms with Crippen LogP contribution in [0.4, 0.5) is 5.69 Å². The van der Waals surface area contributed by atoms with Crippen molar-refractivity contribution in [2.45, 2.75) is 20.8 Å². The summed E-state index contributed by atoms with van der Waals surface area (Å²) in [5.74, 6) is -1.18. The lowest BCUT2D eigenvalue weighted by atomic mass is 10.3. The molecule has 0 atom stereocenters. The van der Waals surface area contributed by atoms with Gasteiger partial charge < -0.3 is 10.4 Å². The number of likely N-dealkylation sites (N-methyl/N-ethyl adjacent to an activating group) is 1. The largest absolute Gasteiger partial charge is 0.480 e. The number of nitrogens with zero attached hydrogens (tertiary/aromatic N) is 3. The van der Waals surface area contributed by atoms with Crippen molar-refractivity contribution in [1.29, 1.82) is 0 Å². The van der Waals surface area contributed by atoms with Crippen LogP contribution in [0.3, 0.4) is 0 Å². The Bertz CT molecular complexity index is 482. The molecular formula is C12H20N4O3. The van der Waals surface area contributed by atoms with Gasteiger partial charge in [-0.2, -0.15) is 5.10 Å². The highest BCUT2D eigenvalue weighted by atomic mass is 16.4. The summed E-state index contributed by atoms with van der Waals surface area (Å²) in [5, 5.41) is 15.7. The number of hydrogen-bond donors (Lipinski definition) is 2. The smallest absolute Gasteiger partial charge is 0.317 e. The lowest BCUT2D eigenvalue weighted by Gasteiger charge is -2.17. The summed E-state index contributed by atoms with van der Waals surface area (Å²) >= 11 is 0. The molecule has 0 radical (unpaired) electrons. The van der Waals surface area contributed by atoms with Crippen LogP contribution in [-0.4, -0.2) is 51.3 Å². The fraction of sp³-hybridized carbons (Fsp3) is 0.583. The summed E-state index contributed by atoms with van der Waals surface area (Å²) in [4.78, 5) is 24.1. The fourth-order valence-corrected chi connectivity index (χ4v) is 1.81. The van der Waals surface area contributed by atoms with Gasteiger partial charge in [0.05, 0.1) is 30.2 Å². The van der Waals surface area contributed by atoms with Crippen molar-refractivity contribution in [2.24, 2.45) is 7.05 Å². The number of hydrogen-bond acceptors (Lipinski definition) is 4. The van der Waals surface area contributed by atoms with E-state index in [0.717, 1.165) is 11.4 Å². The number of anilines is 1. The number of carboxylic acid groups (broad SMARTS) is 1. The predicted molar refractivity (Wildman–Crippen MR) is 71.1 cm³/mol. The first-order valence-electron chi connectivity index (χ1n) is 6.09. The van der Waals surface area contributed by atoms with E-state index in [1.54, 1.807) is 16.6 Å². The molecule has 0 unspecified atom stereocenters. The second-order valence-corrected chi connectivity index (χ2v) is 4.41. The molecule has 0 bridgehead atoms. The maximum Gasteiger partial charge on any atom is 0.317 e. The van der Waals surface area contributed by atoms with Crippen LogP contribution < -0.4 is 5.32 Å². The van der Waals surface area contributed by atoms with Gasteiger partial charge in [-0.3, -0.25) is 19.2 Å². The zero-order chi connectivity index (χ0) is 14.6. The Hall–Kier alpha value is -1.89. The summed E-state index contributed by atoms with van der Waals surface area (Å²) in [6, 6.07) is 0. The Morgan fingerprint density at radius 1 is 1.37 bits per heavy atom. The average Bonchev–Trinajstić information content (AvgIpc) is 2.54. The van der Waals surface area contributed by atoms with Crippen LogP contribution in [0.2, 0.25) is 0 Å². The zero-order valence-corrected chi connectivity index (χ0v) is 11.7. The molecule has 2 N–H and O–H groups in total. The summed E-state index contributed by atoms with van der Waals surface area (Å²) in [7, 11) is 1.81. The third-order valence-corrected chi connectivity index (χ3v) is 2.95. The Morgan fingerprint density at radius 2 is 2.00 bits per heavy atom. The van der Waals surface area contributed by atoms with Gasteiger partial charge in [0.2, 0.25) is 5.91 Å². The Labute approximate surface area is 112 Å². The van der Waals surface area contributed by atoms with E-state index in [9.17, 15) is 9.59 Å². The molecule has 0 aliphatic heterocycles. The molecule has 19 heavy (non-hydrogen) atoms. The topological polar surface area (TPSA) is 87.5 Å². The van der Waals surface area contributed by atoms with E-state index < -0.39 is 5.97 Å². The normalized spacial score (nSPS) is 10.8. The second kappa shape index (κ2) is 6.33. The van der Waals surface area contributed by atoms with Gasteiger partial charge in [0.25, 0.3) is 0 Å². The molecule has 1 rings (SSSR count). The van der Waals surface area contributed by atoms with E-state index >= 15 is 0 Å². The van der Waals surface area contributed by atoms with Gasteiger partial charge in [-0.05, 0) is 20.4 Å². The van der Waals surface area contributed by atoms with Crippen molar-refractivity contribution >= 4 is 17.6 Å². The van der Waals surface area contributed by atoms with Crippen molar-refractivity contribution in [3.63, 3.8) is 0 Å². The minimum atomic E-state index is -0.941. The summed E-state index contributed by atoms with van der Waals surface area (Å²) in [6.45, 7) is 5.91. The Morgan fingerprint density at radius 3 is 2.42 bits per heavy atom. The van der Waals surface area contributed by atoms with Crippen molar-refractivity contribution in [1.82, 2.24) is 14.7 Å². The number of carbonyl (C=O) groups excluding carboxylic acids is 1. The van der Waals surface area contributed by atoms with E-state index in [1.165, 1.54) is 0 Å². The van der Waals surface area contributed by atoms with Crippen LogP contribution in [-0.2, 0) is 16.6 Å². The zero-order valence-electron chi connectivity index (χ0n) is 11.7. The molecule has 0 saturated carbocycles. The van der Waals surface area contributed by atoms with E-state index in [1.807, 2.05) is 20.8 Å². The van der Waals surface area contributed by atoms with Gasteiger partial charge in [-0.15, -0.1) is 0 Å². The van der Waals surface area contributed by atoms with Crippen molar-refractivity contribution in [2.75, 3.05) is 25.0 Å². The molecule has 106 valence electrons. The quantitative estimate of drug-likeness (QED) is 0.779. The lowest BCUT2D eigenvalue weighted by molar-refractivity contribution is -0.138. The first-order valence-corrected chi connectivity index (χ1v) is 6.09. The summed E-state index contributed by atoms with van der Waals surface area (Å²) < 4.78 is 1.69. The molecule has 1 aromatic heterocycles. The van der Waals surface area contributed by atoms with Gasteiger partial charge in [-0.25, -0.2) is 0 Å². The van der Waals surface area contributed by atoms with Gasteiger partial charge in [-0.1, -0.05) is 6.92 Å². The van der Waals surface area contributed by atoms with E-state index in [0.29, 0.717) is 12.2 Å². The maximum absolute atomic E-state index is 11.9. The van der Waals surface area contributed by atoms with Gasteiger partial charge >= 0.3 is 5.97 Å². The van der Waals surface area contributed by atoms with Crippen molar-refractivity contribution in [3.8, 4) is 0 Å². The van der Waals surface area contributed by atoms with Gasteiger partial charge in [0, 0.05) is 7.05 Å². The van der Waals surface area contributed by atoms with Crippen LogP contribution >= 0.6 is 0 Å². The lowest BCUT2D eigenvalue weighted by Crippen LogP contribution is -2.36.